The number of rotatable bonds is 5. The molecule has 0 radical (unpaired) electrons. The zero-order chi connectivity index (χ0) is 25.9. The Morgan fingerprint density at radius 3 is 2.31 bits per heavy atom. The lowest BCUT2D eigenvalue weighted by atomic mass is 10.0. The predicted molar refractivity (Wildman–Crippen MR) is 140 cm³/mol. The van der Waals surface area contributed by atoms with Gasteiger partial charge in [-0.3, -0.25) is 0 Å². The van der Waals surface area contributed by atoms with E-state index >= 15 is 0 Å². The molecule has 0 aliphatic carbocycles. The average Bonchev–Trinajstić information content (AvgIpc) is 3.32. The number of ether oxygens (including phenoxy) is 2. The molecule has 1 aliphatic heterocycles. The topological polar surface area (TPSA) is 94.9 Å². The summed E-state index contributed by atoms with van der Waals surface area (Å²) in [4.78, 5) is 27.0. The zero-order valence-corrected chi connectivity index (χ0v) is 21.1. The number of hydrogen-bond acceptors (Lipinski definition) is 6. The molecule has 1 fully saturated rings. The minimum absolute atomic E-state index is 0.136. The number of benzene rings is 2. The van der Waals surface area contributed by atoms with Crippen molar-refractivity contribution in [3.63, 3.8) is 0 Å². The van der Waals surface area contributed by atoms with Gasteiger partial charge in [0.1, 0.15) is 11.3 Å². The maximum Gasteiger partial charge on any atom is 0.410 e. The quantitative estimate of drug-likeness (QED) is 0.453. The van der Waals surface area contributed by atoms with Gasteiger partial charge in [0.05, 0.1) is 18.9 Å². The third kappa shape index (κ3) is 5.92. The third-order valence-corrected chi connectivity index (χ3v) is 5.88. The Morgan fingerprint density at radius 1 is 1.08 bits per heavy atom. The number of nitrogens with two attached hydrogens (primary N) is 1. The van der Waals surface area contributed by atoms with Gasteiger partial charge in [0.25, 0.3) is 5.88 Å². The van der Waals surface area contributed by atoms with Crippen LogP contribution in [0.2, 0.25) is 0 Å². The number of nitrogen functional groups attached to an aromatic ring is 1. The summed E-state index contributed by atoms with van der Waals surface area (Å²) >= 11 is 0. The number of carbonyl (C=O) groups is 1. The molecule has 1 aliphatic rings. The van der Waals surface area contributed by atoms with Crippen molar-refractivity contribution < 1.29 is 14.3 Å². The number of aromatic nitrogens is 2. The molecular weight excluding hydrogens is 454 g/mol. The summed E-state index contributed by atoms with van der Waals surface area (Å²) in [6.45, 7) is 16.4. The van der Waals surface area contributed by atoms with Gasteiger partial charge in [-0.15, -0.1) is 0 Å². The number of hydrogen-bond donors (Lipinski definition) is 1. The summed E-state index contributed by atoms with van der Waals surface area (Å²) in [6.07, 6.45) is 0.496. The largest absolute Gasteiger partial charge is 0.475 e. The van der Waals surface area contributed by atoms with Crippen LogP contribution >= 0.6 is 0 Å². The molecule has 0 spiro atoms. The van der Waals surface area contributed by atoms with E-state index in [2.05, 4.69) is 9.83 Å². The Kier molecular flexibility index (Phi) is 7.11. The van der Waals surface area contributed by atoms with Gasteiger partial charge in [0.2, 0.25) is 0 Å². The van der Waals surface area contributed by atoms with Crippen molar-refractivity contribution >= 4 is 17.6 Å². The maximum absolute atomic E-state index is 12.4. The van der Waals surface area contributed by atoms with Gasteiger partial charge < -0.3 is 20.1 Å². The van der Waals surface area contributed by atoms with E-state index in [1.165, 1.54) is 0 Å². The molecule has 1 amide bonds. The van der Waals surface area contributed by atoms with Crippen LogP contribution in [-0.4, -0.2) is 46.3 Å². The van der Waals surface area contributed by atoms with Crippen LogP contribution in [0.5, 0.6) is 5.88 Å². The molecule has 0 unspecified atom stereocenters. The predicted octanol–water partition coefficient (Wildman–Crippen LogP) is 5.89. The second-order valence-corrected chi connectivity index (χ2v) is 10.0. The molecule has 2 N–H and O–H groups in total. The van der Waals surface area contributed by atoms with Gasteiger partial charge in [0, 0.05) is 30.1 Å². The fraction of sp³-hybridized carbons (Fsp3) is 0.357. The first-order valence-corrected chi connectivity index (χ1v) is 12.0. The lowest BCUT2D eigenvalue weighted by molar-refractivity contribution is 0.0284. The van der Waals surface area contributed by atoms with Gasteiger partial charge in [-0.05, 0) is 34.1 Å². The first-order valence-electron chi connectivity index (χ1n) is 12.0. The van der Waals surface area contributed by atoms with Crippen LogP contribution in [0.3, 0.4) is 0 Å². The van der Waals surface area contributed by atoms with Crippen LogP contribution in [-0.2, 0) is 4.74 Å². The molecule has 4 rings (SSSR count). The Bertz CT molecular complexity index is 1270. The molecule has 8 nitrogen and oxygen atoms in total. The van der Waals surface area contributed by atoms with Crippen molar-refractivity contribution in [2.45, 2.75) is 39.7 Å². The van der Waals surface area contributed by atoms with E-state index < -0.39 is 5.60 Å². The lowest BCUT2D eigenvalue weighted by Gasteiger charge is -2.24. The van der Waals surface area contributed by atoms with Crippen molar-refractivity contribution in [1.29, 1.82) is 0 Å². The number of nitrogens with zero attached hydrogens (tertiary/aromatic N) is 4. The van der Waals surface area contributed by atoms with E-state index in [0.29, 0.717) is 36.8 Å². The van der Waals surface area contributed by atoms with E-state index in [-0.39, 0.29) is 23.7 Å². The van der Waals surface area contributed by atoms with Gasteiger partial charge in [-0.1, -0.05) is 54.1 Å². The van der Waals surface area contributed by atoms with Crippen LogP contribution in [0.25, 0.3) is 27.4 Å². The normalized spacial score (nSPS) is 15.4. The minimum Gasteiger partial charge on any atom is -0.475 e. The number of anilines is 1. The Balaban J connectivity index is 1.56. The zero-order valence-electron chi connectivity index (χ0n) is 21.1. The molecule has 0 bridgehead atoms. The summed E-state index contributed by atoms with van der Waals surface area (Å²) < 4.78 is 11.5. The van der Waals surface area contributed by atoms with Crippen LogP contribution in [0.15, 0.2) is 48.5 Å². The number of carbonyl (C=O) groups excluding carboxylic acids is 1. The van der Waals surface area contributed by atoms with Gasteiger partial charge >= 0.3 is 6.09 Å². The van der Waals surface area contributed by atoms with Crippen molar-refractivity contribution in [2.75, 3.05) is 25.4 Å². The van der Waals surface area contributed by atoms with Gasteiger partial charge in [-0.25, -0.2) is 19.6 Å². The highest BCUT2D eigenvalue weighted by molar-refractivity contribution is 5.80. The van der Waals surface area contributed by atoms with Crippen LogP contribution < -0.4 is 10.5 Å². The first-order chi connectivity index (χ1) is 17.1. The van der Waals surface area contributed by atoms with Crippen molar-refractivity contribution in [1.82, 2.24) is 14.9 Å². The molecule has 1 saturated heterocycles. The van der Waals surface area contributed by atoms with Crippen LogP contribution in [0.1, 0.15) is 32.8 Å². The SMILES string of the molecule is [C-]#[N+]c1ccc(-c2nc(OC[C@@H]3CCN(C(=O)OC(C)(C)C)C3)c(N)nc2-c2ccc(C)cc2)cc1. The monoisotopic (exact) mass is 485 g/mol. The molecule has 3 aromatic rings. The summed E-state index contributed by atoms with van der Waals surface area (Å²) in [5, 5.41) is 0. The van der Waals surface area contributed by atoms with Crippen molar-refractivity contribution in [3.8, 4) is 28.4 Å². The highest BCUT2D eigenvalue weighted by Gasteiger charge is 2.30. The molecule has 2 heterocycles. The highest BCUT2D eigenvalue weighted by Crippen LogP contribution is 2.34. The summed E-state index contributed by atoms with van der Waals surface area (Å²) in [5.41, 5.74) is 10.4. The fourth-order valence-corrected chi connectivity index (χ4v) is 4.00. The summed E-state index contributed by atoms with van der Waals surface area (Å²) in [6, 6.07) is 15.2. The molecule has 36 heavy (non-hydrogen) atoms. The molecule has 8 heteroatoms. The van der Waals surface area contributed by atoms with Gasteiger partial charge in [-0.2, -0.15) is 0 Å². The Labute approximate surface area is 211 Å². The summed E-state index contributed by atoms with van der Waals surface area (Å²) in [7, 11) is 0. The van der Waals surface area contributed by atoms with Crippen LogP contribution in [0, 0.1) is 19.4 Å². The molecule has 1 atom stereocenters. The maximum atomic E-state index is 12.4. The molecular formula is C28H31N5O3. The van der Waals surface area contributed by atoms with E-state index in [0.717, 1.165) is 23.1 Å². The second kappa shape index (κ2) is 10.2. The fourth-order valence-electron chi connectivity index (χ4n) is 4.00. The molecule has 0 saturated carbocycles. The number of aryl methyl sites for hydroxylation is 1. The Morgan fingerprint density at radius 2 is 1.69 bits per heavy atom. The van der Waals surface area contributed by atoms with E-state index in [1.54, 1.807) is 17.0 Å². The Hall–Kier alpha value is -4.12. The van der Waals surface area contributed by atoms with Gasteiger partial charge in [0.15, 0.2) is 11.5 Å². The van der Waals surface area contributed by atoms with E-state index in [4.69, 9.17) is 26.8 Å². The summed E-state index contributed by atoms with van der Waals surface area (Å²) in [5.74, 6) is 0.594. The highest BCUT2D eigenvalue weighted by atomic mass is 16.6. The average molecular weight is 486 g/mol. The van der Waals surface area contributed by atoms with Crippen molar-refractivity contribution in [3.05, 3.63) is 65.5 Å². The molecule has 1 aromatic heterocycles. The smallest absolute Gasteiger partial charge is 0.410 e. The second-order valence-electron chi connectivity index (χ2n) is 10.0. The first kappa shape index (κ1) is 25.0. The van der Waals surface area contributed by atoms with Crippen LogP contribution in [0.4, 0.5) is 16.3 Å². The molecule has 2 aromatic carbocycles. The third-order valence-electron chi connectivity index (χ3n) is 5.88. The lowest BCUT2D eigenvalue weighted by Crippen LogP contribution is -2.35. The van der Waals surface area contributed by atoms with E-state index in [1.807, 2.05) is 64.1 Å². The van der Waals surface area contributed by atoms with Crippen molar-refractivity contribution in [2.24, 2.45) is 5.92 Å². The standard InChI is InChI=1S/C28H31N5O3/c1-18-6-8-20(9-7-18)23-24(21-10-12-22(30-5)13-11-21)32-26(25(29)31-23)35-17-19-14-15-33(16-19)27(34)36-28(2,3)4/h6-13,19H,14-17H2,1-4H3,(H2,29,31)/t19-/m1/s1. The molecule has 186 valence electrons. The van der Waals surface area contributed by atoms with E-state index in [9.17, 15) is 4.79 Å². The minimum atomic E-state index is -0.529. The number of likely N-dealkylation sites (tertiary alicyclic amines) is 1. The number of amides is 1.